The molecule has 1 atom stereocenters. The Kier molecular flexibility index (Phi) is 5.60. The molecule has 1 aliphatic heterocycles. The Labute approximate surface area is 128 Å². The minimum absolute atomic E-state index is 0.0223. The molecule has 2 rings (SSSR count). The highest BCUT2D eigenvalue weighted by molar-refractivity contribution is 5.84. The molecular weight excluding hydrogens is 290 g/mol. The number of methoxy groups -OCH3 is 1. The number of amides is 1. The molecule has 1 fully saturated rings. The van der Waals surface area contributed by atoms with Crippen molar-refractivity contribution < 1.29 is 28.9 Å². The molecule has 1 unspecified atom stereocenters. The zero-order valence-corrected chi connectivity index (χ0v) is 12.4. The van der Waals surface area contributed by atoms with Gasteiger partial charge in [-0.1, -0.05) is 12.1 Å². The number of carbonyl (C=O) groups is 2. The number of hydrogen-bond donors (Lipinski definition) is 1. The molecule has 1 heterocycles. The number of nitrogens with zero attached hydrogens (tertiary/aromatic N) is 1. The molecule has 1 N–H and O–H groups in total. The van der Waals surface area contributed by atoms with Crippen LogP contribution in [0.5, 0.6) is 11.5 Å². The molecule has 1 aromatic carbocycles. The fourth-order valence-electron chi connectivity index (χ4n) is 2.24. The van der Waals surface area contributed by atoms with Gasteiger partial charge in [0.25, 0.3) is 0 Å². The predicted molar refractivity (Wildman–Crippen MR) is 77.1 cm³/mol. The largest absolute Gasteiger partial charge is 0.493 e. The molecule has 1 aromatic rings. The van der Waals surface area contributed by atoms with Gasteiger partial charge in [-0.05, 0) is 12.1 Å². The molecule has 0 aliphatic carbocycles. The second kappa shape index (κ2) is 7.65. The maximum Gasteiger partial charge on any atom is 0.328 e. The molecule has 120 valence electrons. The van der Waals surface area contributed by atoms with E-state index in [-0.39, 0.29) is 32.1 Å². The van der Waals surface area contributed by atoms with Gasteiger partial charge in [0.1, 0.15) is 0 Å². The van der Waals surface area contributed by atoms with Gasteiger partial charge in [-0.2, -0.15) is 0 Å². The summed E-state index contributed by atoms with van der Waals surface area (Å²) in [7, 11) is 1.54. The second-order valence-corrected chi connectivity index (χ2v) is 4.77. The first-order valence-corrected chi connectivity index (χ1v) is 6.99. The van der Waals surface area contributed by atoms with Gasteiger partial charge in [0.2, 0.25) is 5.91 Å². The van der Waals surface area contributed by atoms with Crippen molar-refractivity contribution in [3.63, 3.8) is 0 Å². The fraction of sp³-hybridized carbons (Fsp3) is 0.467. The summed E-state index contributed by atoms with van der Waals surface area (Å²) >= 11 is 0. The highest BCUT2D eigenvalue weighted by Crippen LogP contribution is 2.25. The van der Waals surface area contributed by atoms with Gasteiger partial charge < -0.3 is 24.2 Å². The van der Waals surface area contributed by atoms with E-state index in [2.05, 4.69) is 0 Å². The number of aliphatic carboxylic acids is 1. The minimum Gasteiger partial charge on any atom is -0.493 e. The first kappa shape index (κ1) is 16.1. The quantitative estimate of drug-likeness (QED) is 0.835. The van der Waals surface area contributed by atoms with Crippen LogP contribution in [0.25, 0.3) is 0 Å². The van der Waals surface area contributed by atoms with Crippen molar-refractivity contribution in [3.05, 3.63) is 24.3 Å². The lowest BCUT2D eigenvalue weighted by molar-refractivity contribution is -0.158. The lowest BCUT2D eigenvalue weighted by Gasteiger charge is -2.32. The van der Waals surface area contributed by atoms with Crippen molar-refractivity contribution in [2.45, 2.75) is 12.5 Å². The van der Waals surface area contributed by atoms with Crippen LogP contribution >= 0.6 is 0 Å². The van der Waals surface area contributed by atoms with Crippen molar-refractivity contribution in [3.8, 4) is 11.5 Å². The van der Waals surface area contributed by atoms with Crippen molar-refractivity contribution in [2.24, 2.45) is 0 Å². The zero-order chi connectivity index (χ0) is 15.9. The summed E-state index contributed by atoms with van der Waals surface area (Å²) in [5, 5.41) is 9.11. The van der Waals surface area contributed by atoms with Crippen molar-refractivity contribution in [1.82, 2.24) is 4.90 Å². The fourth-order valence-corrected chi connectivity index (χ4v) is 2.24. The lowest BCUT2D eigenvalue weighted by Crippen LogP contribution is -2.52. The molecule has 7 nitrogen and oxygen atoms in total. The van der Waals surface area contributed by atoms with Gasteiger partial charge in [0, 0.05) is 6.54 Å². The van der Waals surface area contributed by atoms with Crippen molar-refractivity contribution in [2.75, 3.05) is 33.5 Å². The summed E-state index contributed by atoms with van der Waals surface area (Å²) in [6.07, 6.45) is 0.0990. The van der Waals surface area contributed by atoms with E-state index in [0.29, 0.717) is 18.1 Å². The molecule has 1 saturated heterocycles. The third-order valence-corrected chi connectivity index (χ3v) is 3.38. The van der Waals surface area contributed by atoms with Crippen LogP contribution in [0.4, 0.5) is 0 Å². The van der Waals surface area contributed by atoms with Gasteiger partial charge in [0.05, 0.1) is 33.4 Å². The van der Waals surface area contributed by atoms with Crippen LogP contribution in [0, 0.1) is 0 Å². The number of benzene rings is 1. The minimum atomic E-state index is -1.06. The maximum absolute atomic E-state index is 12.2. The molecule has 7 heteroatoms. The third-order valence-electron chi connectivity index (χ3n) is 3.38. The van der Waals surface area contributed by atoms with Gasteiger partial charge in [-0.25, -0.2) is 4.79 Å². The van der Waals surface area contributed by atoms with Gasteiger partial charge in [-0.15, -0.1) is 0 Å². The van der Waals surface area contributed by atoms with Crippen LogP contribution in [0.3, 0.4) is 0 Å². The van der Waals surface area contributed by atoms with E-state index in [9.17, 15) is 9.59 Å². The normalized spacial score (nSPS) is 17.9. The lowest BCUT2D eigenvalue weighted by atomic mass is 10.2. The average molecular weight is 309 g/mol. The Morgan fingerprint density at radius 1 is 1.36 bits per heavy atom. The number of carbonyl (C=O) groups excluding carboxylic acids is 1. The second-order valence-electron chi connectivity index (χ2n) is 4.77. The number of hydrogen-bond acceptors (Lipinski definition) is 5. The van der Waals surface area contributed by atoms with E-state index in [4.69, 9.17) is 19.3 Å². The summed E-state index contributed by atoms with van der Waals surface area (Å²) in [6.45, 7) is 0.810. The molecule has 0 spiro atoms. The maximum atomic E-state index is 12.2. The Morgan fingerprint density at radius 2 is 2.09 bits per heavy atom. The standard InChI is InChI=1S/C15H19NO6/c1-20-12-4-2-3-5-13(12)22-8-6-14(17)16-7-9-21-10-11(16)15(18)19/h2-5,11H,6-10H2,1H3,(H,18,19). The summed E-state index contributed by atoms with van der Waals surface area (Å²) in [6, 6.07) is 6.22. The first-order valence-electron chi connectivity index (χ1n) is 6.99. The van der Waals surface area contributed by atoms with Crippen LogP contribution in [0.15, 0.2) is 24.3 Å². The van der Waals surface area contributed by atoms with Crippen molar-refractivity contribution in [1.29, 1.82) is 0 Å². The molecular formula is C15H19NO6. The molecule has 1 amide bonds. The highest BCUT2D eigenvalue weighted by atomic mass is 16.5. The van der Waals surface area contributed by atoms with E-state index in [1.165, 1.54) is 4.90 Å². The molecule has 1 aliphatic rings. The molecule has 22 heavy (non-hydrogen) atoms. The van der Waals surface area contributed by atoms with Gasteiger partial charge in [0.15, 0.2) is 17.5 Å². The zero-order valence-electron chi connectivity index (χ0n) is 12.4. The number of para-hydroxylation sites is 2. The highest BCUT2D eigenvalue weighted by Gasteiger charge is 2.32. The smallest absolute Gasteiger partial charge is 0.328 e. The Hall–Kier alpha value is -2.28. The van der Waals surface area contributed by atoms with E-state index < -0.39 is 12.0 Å². The number of rotatable bonds is 6. The van der Waals surface area contributed by atoms with Gasteiger partial charge >= 0.3 is 5.97 Å². The number of carboxylic acids is 1. The Balaban J connectivity index is 1.88. The summed E-state index contributed by atoms with van der Waals surface area (Å²) in [4.78, 5) is 24.6. The number of ether oxygens (including phenoxy) is 3. The molecule has 0 bridgehead atoms. The summed E-state index contributed by atoms with van der Waals surface area (Å²) < 4.78 is 15.8. The van der Waals surface area contributed by atoms with Crippen LogP contribution in [0.1, 0.15) is 6.42 Å². The number of carboxylic acid groups (broad SMARTS) is 1. The average Bonchev–Trinajstić information content (AvgIpc) is 2.55. The summed E-state index contributed by atoms with van der Waals surface area (Å²) in [5.41, 5.74) is 0. The van der Waals surface area contributed by atoms with Crippen molar-refractivity contribution >= 4 is 11.9 Å². The third kappa shape index (κ3) is 3.88. The summed E-state index contributed by atoms with van der Waals surface area (Å²) in [5.74, 6) is -0.177. The molecule has 0 aromatic heterocycles. The van der Waals surface area contributed by atoms with Crippen LogP contribution in [0.2, 0.25) is 0 Å². The predicted octanol–water partition coefficient (Wildman–Crippen LogP) is 0.776. The van der Waals surface area contributed by atoms with Crippen LogP contribution in [-0.4, -0.2) is 61.4 Å². The SMILES string of the molecule is COc1ccccc1OCCC(=O)N1CCOCC1C(=O)O. The molecule has 0 radical (unpaired) electrons. The van der Waals surface area contributed by atoms with Crippen LogP contribution < -0.4 is 9.47 Å². The molecule has 0 saturated carbocycles. The first-order chi connectivity index (χ1) is 10.6. The monoisotopic (exact) mass is 309 g/mol. The Bertz CT molecular complexity index is 533. The van der Waals surface area contributed by atoms with E-state index in [0.717, 1.165) is 0 Å². The topological polar surface area (TPSA) is 85.3 Å². The van der Waals surface area contributed by atoms with E-state index in [1.807, 2.05) is 12.1 Å². The number of morpholine rings is 1. The van der Waals surface area contributed by atoms with Crippen LogP contribution in [-0.2, 0) is 14.3 Å². The van der Waals surface area contributed by atoms with Gasteiger partial charge in [-0.3, -0.25) is 4.79 Å². The van der Waals surface area contributed by atoms with E-state index in [1.54, 1.807) is 19.2 Å². The van der Waals surface area contributed by atoms with E-state index >= 15 is 0 Å². The Morgan fingerprint density at radius 3 is 2.77 bits per heavy atom.